The summed E-state index contributed by atoms with van der Waals surface area (Å²) in [6, 6.07) is 5.55. The molecule has 0 atom stereocenters. The van der Waals surface area contributed by atoms with Gasteiger partial charge >= 0.3 is 0 Å². The summed E-state index contributed by atoms with van der Waals surface area (Å²) in [6.45, 7) is 3.89. The number of hydrogen-bond donors (Lipinski definition) is 0. The zero-order chi connectivity index (χ0) is 14.0. The van der Waals surface area contributed by atoms with E-state index in [1.165, 1.54) is 20.8 Å². The molecule has 0 spiro atoms. The average molecular weight is 340 g/mol. The number of thiophene rings is 1. The molecule has 5 heteroatoms. The SMILES string of the molecule is CCc1ccc(C(=O)Cn2cc(Br)cc(C)c2=O)s1. The zero-order valence-electron chi connectivity index (χ0n) is 10.8. The smallest absolute Gasteiger partial charge is 0.253 e. The van der Waals surface area contributed by atoms with Crippen molar-refractivity contribution in [1.82, 2.24) is 4.57 Å². The number of nitrogens with zero attached hydrogens (tertiary/aromatic N) is 1. The van der Waals surface area contributed by atoms with E-state index >= 15 is 0 Å². The first-order valence-electron chi connectivity index (χ1n) is 5.99. The van der Waals surface area contributed by atoms with E-state index in [-0.39, 0.29) is 17.9 Å². The van der Waals surface area contributed by atoms with E-state index in [0.717, 1.165) is 10.9 Å². The van der Waals surface area contributed by atoms with E-state index in [1.54, 1.807) is 19.2 Å². The largest absolute Gasteiger partial charge is 0.306 e. The standard InChI is InChI=1S/C14H14BrNO2S/c1-3-11-4-5-13(19-11)12(17)8-16-7-10(15)6-9(2)14(16)18/h4-7H,3,8H2,1-2H3. The van der Waals surface area contributed by atoms with Gasteiger partial charge in [0.05, 0.1) is 11.4 Å². The molecule has 0 radical (unpaired) electrons. The van der Waals surface area contributed by atoms with Crippen LogP contribution < -0.4 is 5.56 Å². The molecule has 0 aromatic carbocycles. The van der Waals surface area contributed by atoms with Crippen LogP contribution in [0.4, 0.5) is 0 Å². The minimum atomic E-state index is -0.121. The first-order chi connectivity index (χ1) is 9.01. The van der Waals surface area contributed by atoms with Crippen molar-refractivity contribution in [2.24, 2.45) is 0 Å². The highest BCUT2D eigenvalue weighted by Crippen LogP contribution is 2.18. The monoisotopic (exact) mass is 339 g/mol. The molecular formula is C14H14BrNO2S. The van der Waals surface area contributed by atoms with Crippen LogP contribution in [-0.2, 0) is 13.0 Å². The second-order valence-electron chi connectivity index (χ2n) is 4.32. The van der Waals surface area contributed by atoms with Crippen LogP contribution in [0, 0.1) is 6.92 Å². The van der Waals surface area contributed by atoms with Gasteiger partial charge in [0.25, 0.3) is 5.56 Å². The number of pyridine rings is 1. The molecule has 2 rings (SSSR count). The van der Waals surface area contributed by atoms with Crippen LogP contribution in [0.25, 0.3) is 0 Å². The molecule has 0 unspecified atom stereocenters. The number of aryl methyl sites for hydroxylation is 2. The maximum absolute atomic E-state index is 12.2. The van der Waals surface area contributed by atoms with Crippen LogP contribution in [0.5, 0.6) is 0 Å². The Hall–Kier alpha value is -1.20. The number of halogens is 1. The van der Waals surface area contributed by atoms with Gasteiger partial charge in [-0.3, -0.25) is 9.59 Å². The summed E-state index contributed by atoms with van der Waals surface area (Å²) in [4.78, 5) is 26.0. The van der Waals surface area contributed by atoms with Crippen LogP contribution in [0.3, 0.4) is 0 Å². The van der Waals surface area contributed by atoms with Crippen molar-refractivity contribution in [3.63, 3.8) is 0 Å². The number of hydrogen-bond acceptors (Lipinski definition) is 3. The molecule has 0 aliphatic heterocycles. The quantitative estimate of drug-likeness (QED) is 0.800. The van der Waals surface area contributed by atoms with Crippen molar-refractivity contribution in [2.45, 2.75) is 26.8 Å². The van der Waals surface area contributed by atoms with Crippen LogP contribution in [0.2, 0.25) is 0 Å². The Morgan fingerprint density at radius 1 is 1.42 bits per heavy atom. The fraction of sp³-hybridized carbons (Fsp3) is 0.286. The molecule has 0 aliphatic rings. The van der Waals surface area contributed by atoms with Crippen LogP contribution in [0.15, 0.2) is 33.7 Å². The first kappa shape index (κ1) is 14.2. The molecule has 2 aromatic heterocycles. The maximum Gasteiger partial charge on any atom is 0.253 e. The zero-order valence-corrected chi connectivity index (χ0v) is 13.2. The predicted octanol–water partition coefficient (Wildman–Crippen LogP) is 3.43. The van der Waals surface area contributed by atoms with Gasteiger partial charge in [0.1, 0.15) is 0 Å². The normalized spacial score (nSPS) is 10.7. The van der Waals surface area contributed by atoms with E-state index in [4.69, 9.17) is 0 Å². The lowest BCUT2D eigenvalue weighted by molar-refractivity contribution is 0.0974. The van der Waals surface area contributed by atoms with Gasteiger partial charge in [0.2, 0.25) is 0 Å². The lowest BCUT2D eigenvalue weighted by atomic mass is 10.2. The minimum Gasteiger partial charge on any atom is -0.306 e. The number of Topliss-reactive ketones (excluding diaryl/α,β-unsaturated/α-hetero) is 1. The van der Waals surface area contributed by atoms with E-state index in [2.05, 4.69) is 22.9 Å². The summed E-state index contributed by atoms with van der Waals surface area (Å²) in [6.07, 6.45) is 2.58. The van der Waals surface area contributed by atoms with Gasteiger partial charge in [-0.2, -0.15) is 0 Å². The lowest BCUT2D eigenvalue weighted by Gasteiger charge is -2.06. The fourth-order valence-electron chi connectivity index (χ4n) is 1.81. The number of carbonyl (C=O) groups is 1. The Labute approximate surface area is 124 Å². The Balaban J connectivity index is 2.26. The molecule has 100 valence electrons. The lowest BCUT2D eigenvalue weighted by Crippen LogP contribution is -2.25. The van der Waals surface area contributed by atoms with Gasteiger partial charge in [-0.15, -0.1) is 11.3 Å². The molecule has 0 N–H and O–H groups in total. The van der Waals surface area contributed by atoms with E-state index in [1.807, 2.05) is 12.1 Å². The number of carbonyl (C=O) groups excluding carboxylic acids is 1. The minimum absolute atomic E-state index is 0.0238. The van der Waals surface area contributed by atoms with E-state index in [9.17, 15) is 9.59 Å². The Kier molecular flexibility index (Phi) is 4.37. The Morgan fingerprint density at radius 2 is 2.16 bits per heavy atom. The molecule has 2 aromatic rings. The number of ketones is 1. The second kappa shape index (κ2) is 5.84. The average Bonchev–Trinajstić information content (AvgIpc) is 2.84. The summed E-state index contributed by atoms with van der Waals surface area (Å²) in [5.41, 5.74) is 0.506. The number of rotatable bonds is 4. The van der Waals surface area contributed by atoms with Gasteiger partial charge in [-0.1, -0.05) is 6.92 Å². The van der Waals surface area contributed by atoms with E-state index < -0.39 is 0 Å². The third-order valence-electron chi connectivity index (χ3n) is 2.83. The highest BCUT2D eigenvalue weighted by Gasteiger charge is 2.11. The summed E-state index contributed by atoms with van der Waals surface area (Å²) in [7, 11) is 0. The van der Waals surface area contributed by atoms with Gasteiger partial charge in [-0.25, -0.2) is 0 Å². The molecule has 0 aliphatic carbocycles. The van der Waals surface area contributed by atoms with Crippen molar-refractivity contribution in [2.75, 3.05) is 0 Å². The second-order valence-corrected chi connectivity index (χ2v) is 6.40. The van der Waals surface area contributed by atoms with Crippen molar-refractivity contribution in [3.05, 3.63) is 54.5 Å². The summed E-state index contributed by atoms with van der Waals surface area (Å²) < 4.78 is 2.26. The molecular weight excluding hydrogens is 326 g/mol. The third kappa shape index (κ3) is 3.22. The van der Waals surface area contributed by atoms with Gasteiger partial charge in [0.15, 0.2) is 5.78 Å². The van der Waals surface area contributed by atoms with Crippen LogP contribution >= 0.6 is 27.3 Å². The van der Waals surface area contributed by atoms with Crippen molar-refractivity contribution < 1.29 is 4.79 Å². The van der Waals surface area contributed by atoms with Crippen molar-refractivity contribution >= 4 is 33.0 Å². The highest BCUT2D eigenvalue weighted by atomic mass is 79.9. The fourth-order valence-corrected chi connectivity index (χ4v) is 3.28. The highest BCUT2D eigenvalue weighted by molar-refractivity contribution is 9.10. The number of aromatic nitrogens is 1. The van der Waals surface area contributed by atoms with Gasteiger partial charge in [-0.05, 0) is 47.5 Å². The molecule has 0 bridgehead atoms. The van der Waals surface area contributed by atoms with Gasteiger partial charge < -0.3 is 4.57 Å². The molecule has 0 fully saturated rings. The molecule has 0 saturated heterocycles. The topological polar surface area (TPSA) is 39.1 Å². The Morgan fingerprint density at radius 3 is 2.79 bits per heavy atom. The molecule has 3 nitrogen and oxygen atoms in total. The third-order valence-corrected chi connectivity index (χ3v) is 4.53. The van der Waals surface area contributed by atoms with Crippen molar-refractivity contribution in [1.29, 1.82) is 0 Å². The predicted molar refractivity (Wildman–Crippen MR) is 81.2 cm³/mol. The van der Waals surface area contributed by atoms with E-state index in [0.29, 0.717) is 10.4 Å². The summed E-state index contributed by atoms with van der Waals surface area (Å²) in [5.74, 6) is -0.0238. The first-order valence-corrected chi connectivity index (χ1v) is 7.60. The van der Waals surface area contributed by atoms with Gasteiger partial charge in [0, 0.05) is 21.1 Å². The van der Waals surface area contributed by atoms with Crippen molar-refractivity contribution in [3.8, 4) is 0 Å². The molecule has 0 amide bonds. The summed E-state index contributed by atoms with van der Waals surface area (Å²) >= 11 is 4.84. The maximum atomic E-state index is 12.2. The molecule has 0 saturated carbocycles. The molecule has 2 heterocycles. The molecule has 19 heavy (non-hydrogen) atoms. The van der Waals surface area contributed by atoms with Crippen LogP contribution in [0.1, 0.15) is 27.0 Å². The summed E-state index contributed by atoms with van der Waals surface area (Å²) in [5, 5.41) is 0. The Bertz CT molecular complexity index is 672. The van der Waals surface area contributed by atoms with Crippen LogP contribution in [-0.4, -0.2) is 10.4 Å².